The number of carbonyl (C=O) groups is 1. The Labute approximate surface area is 130 Å². The number of rotatable bonds is 5. The van der Waals surface area contributed by atoms with Crippen LogP contribution in [0.25, 0.3) is 6.08 Å². The Morgan fingerprint density at radius 2 is 2.00 bits per heavy atom. The number of hydrazone groups is 1. The van der Waals surface area contributed by atoms with Crippen LogP contribution in [0.15, 0.2) is 53.8 Å². The fourth-order valence-corrected chi connectivity index (χ4v) is 1.65. The minimum absolute atomic E-state index is 0.351. The van der Waals surface area contributed by atoms with Crippen LogP contribution in [0.2, 0.25) is 0 Å². The number of benzene rings is 1. The Hall–Kier alpha value is -2.90. The van der Waals surface area contributed by atoms with Gasteiger partial charge < -0.3 is 0 Å². The number of carbonyl (C=O) groups excluding carboxylic acids is 1. The third-order valence-electron chi connectivity index (χ3n) is 2.67. The minimum atomic E-state index is -4.53. The maximum absolute atomic E-state index is 12.4. The van der Waals surface area contributed by atoms with E-state index in [0.717, 1.165) is 22.5 Å². The number of nitrogens with one attached hydrogen (secondary N) is 1. The lowest BCUT2D eigenvalue weighted by Gasteiger charge is -2.02. The van der Waals surface area contributed by atoms with Gasteiger partial charge in [-0.15, -0.1) is 0 Å². The molecule has 2 aromatic rings. The fourth-order valence-electron chi connectivity index (χ4n) is 1.65. The molecule has 5 nitrogen and oxygen atoms in total. The van der Waals surface area contributed by atoms with E-state index < -0.39 is 17.8 Å². The third-order valence-corrected chi connectivity index (χ3v) is 2.67. The summed E-state index contributed by atoms with van der Waals surface area (Å²) < 4.78 is 38.0. The maximum Gasteiger partial charge on any atom is 0.435 e. The second kappa shape index (κ2) is 7.39. The number of halogens is 3. The van der Waals surface area contributed by atoms with Crippen molar-refractivity contribution in [3.8, 4) is 0 Å². The molecule has 0 aliphatic carbocycles. The molecule has 0 radical (unpaired) electrons. The number of hydrogen-bond donors (Lipinski definition) is 1. The smallest absolute Gasteiger partial charge is 0.271 e. The second-order valence-electron chi connectivity index (χ2n) is 4.48. The molecule has 0 aliphatic heterocycles. The Bertz CT molecular complexity index is 705. The van der Waals surface area contributed by atoms with Gasteiger partial charge in [0.2, 0.25) is 0 Å². The summed E-state index contributed by atoms with van der Waals surface area (Å²) in [5, 5.41) is 6.93. The molecule has 1 N–H and O–H groups in total. The standard InChI is InChI=1S/C15H13F3N4O/c16-15(17,18)13-8-10-22(21-13)11-14(23)20-19-9-4-7-12-5-2-1-3-6-12/h1-10H,11H2,(H,20,23). The molecule has 23 heavy (non-hydrogen) atoms. The summed E-state index contributed by atoms with van der Waals surface area (Å²) in [4.78, 5) is 11.5. The average Bonchev–Trinajstić information content (AvgIpc) is 2.96. The Morgan fingerprint density at radius 1 is 1.26 bits per heavy atom. The molecular formula is C15H13F3N4O. The zero-order chi connectivity index (χ0) is 16.7. The van der Waals surface area contributed by atoms with Gasteiger partial charge in [-0.2, -0.15) is 23.4 Å². The van der Waals surface area contributed by atoms with Crippen LogP contribution in [0.4, 0.5) is 13.2 Å². The monoisotopic (exact) mass is 322 g/mol. The molecule has 0 saturated carbocycles. The van der Waals surface area contributed by atoms with Crippen LogP contribution in [0.3, 0.4) is 0 Å². The highest BCUT2D eigenvalue weighted by atomic mass is 19.4. The second-order valence-corrected chi connectivity index (χ2v) is 4.48. The van der Waals surface area contributed by atoms with Crippen molar-refractivity contribution in [3.05, 3.63) is 59.9 Å². The van der Waals surface area contributed by atoms with E-state index in [1.165, 1.54) is 6.21 Å². The first kappa shape index (κ1) is 16.5. The first-order chi connectivity index (χ1) is 10.9. The zero-order valence-electron chi connectivity index (χ0n) is 11.9. The van der Waals surface area contributed by atoms with E-state index in [4.69, 9.17) is 0 Å². The highest BCUT2D eigenvalue weighted by molar-refractivity contribution is 5.81. The number of amides is 1. The Balaban J connectivity index is 1.80. The summed E-state index contributed by atoms with van der Waals surface area (Å²) in [6.45, 7) is -0.351. The number of aromatic nitrogens is 2. The first-order valence-electron chi connectivity index (χ1n) is 6.59. The van der Waals surface area contributed by atoms with E-state index in [9.17, 15) is 18.0 Å². The van der Waals surface area contributed by atoms with E-state index in [0.29, 0.717) is 0 Å². The van der Waals surface area contributed by atoms with E-state index >= 15 is 0 Å². The minimum Gasteiger partial charge on any atom is -0.271 e. The summed E-state index contributed by atoms with van der Waals surface area (Å²) in [6.07, 6.45) is 1.35. The van der Waals surface area contributed by atoms with Crippen LogP contribution in [-0.2, 0) is 17.5 Å². The normalized spacial score (nSPS) is 12.1. The van der Waals surface area contributed by atoms with Gasteiger partial charge in [0.15, 0.2) is 5.69 Å². The van der Waals surface area contributed by atoms with Crippen molar-refractivity contribution >= 4 is 18.2 Å². The average molecular weight is 322 g/mol. The topological polar surface area (TPSA) is 59.3 Å². The molecule has 1 aromatic carbocycles. The van der Waals surface area contributed by atoms with Crippen molar-refractivity contribution in [2.24, 2.45) is 5.10 Å². The summed E-state index contributed by atoms with van der Waals surface area (Å²) >= 11 is 0. The van der Waals surface area contributed by atoms with Gasteiger partial charge in [0.1, 0.15) is 6.54 Å². The molecule has 120 valence electrons. The van der Waals surface area contributed by atoms with Crippen molar-refractivity contribution in [2.75, 3.05) is 0 Å². The molecule has 0 unspecified atom stereocenters. The van der Waals surface area contributed by atoms with Crippen LogP contribution in [-0.4, -0.2) is 21.9 Å². The largest absolute Gasteiger partial charge is 0.435 e. The lowest BCUT2D eigenvalue weighted by molar-refractivity contribution is -0.141. The van der Waals surface area contributed by atoms with E-state index in [2.05, 4.69) is 15.6 Å². The van der Waals surface area contributed by atoms with Crippen LogP contribution in [0, 0.1) is 0 Å². The summed E-state index contributed by atoms with van der Waals surface area (Å²) in [6, 6.07) is 10.3. The highest BCUT2D eigenvalue weighted by Crippen LogP contribution is 2.27. The number of nitrogens with zero attached hydrogens (tertiary/aromatic N) is 3. The highest BCUT2D eigenvalue weighted by Gasteiger charge is 2.33. The van der Waals surface area contributed by atoms with Crippen LogP contribution in [0.1, 0.15) is 11.3 Å². The molecule has 0 bridgehead atoms. The van der Waals surface area contributed by atoms with Crippen molar-refractivity contribution in [2.45, 2.75) is 12.7 Å². The quantitative estimate of drug-likeness (QED) is 0.680. The van der Waals surface area contributed by atoms with Crippen LogP contribution >= 0.6 is 0 Å². The Kier molecular flexibility index (Phi) is 5.29. The van der Waals surface area contributed by atoms with Crippen molar-refractivity contribution in [1.82, 2.24) is 15.2 Å². The molecule has 1 aromatic heterocycles. The van der Waals surface area contributed by atoms with Crippen LogP contribution < -0.4 is 5.43 Å². The molecule has 2 rings (SSSR count). The SMILES string of the molecule is O=C(Cn1ccc(C(F)(F)F)n1)NN=CC=Cc1ccccc1. The van der Waals surface area contributed by atoms with Crippen molar-refractivity contribution in [1.29, 1.82) is 0 Å². The van der Waals surface area contributed by atoms with Gasteiger partial charge in [-0.25, -0.2) is 5.43 Å². The van der Waals surface area contributed by atoms with Gasteiger partial charge in [0.25, 0.3) is 5.91 Å². The third kappa shape index (κ3) is 5.42. The summed E-state index contributed by atoms with van der Waals surface area (Å²) in [5.41, 5.74) is 2.13. The lowest BCUT2D eigenvalue weighted by Crippen LogP contribution is -2.23. The van der Waals surface area contributed by atoms with Gasteiger partial charge in [-0.1, -0.05) is 36.4 Å². The van der Waals surface area contributed by atoms with Gasteiger partial charge in [0.05, 0.1) is 0 Å². The van der Waals surface area contributed by atoms with Crippen molar-refractivity contribution in [3.63, 3.8) is 0 Å². The predicted octanol–water partition coefficient (Wildman–Crippen LogP) is 2.72. The number of allylic oxidation sites excluding steroid dienone is 1. The molecule has 0 saturated heterocycles. The molecule has 0 aliphatic rings. The van der Waals surface area contributed by atoms with E-state index in [-0.39, 0.29) is 6.54 Å². The Morgan fingerprint density at radius 3 is 2.65 bits per heavy atom. The fraction of sp³-hybridized carbons (Fsp3) is 0.133. The van der Waals surface area contributed by atoms with E-state index in [1.807, 2.05) is 30.3 Å². The molecule has 8 heteroatoms. The van der Waals surface area contributed by atoms with E-state index in [1.54, 1.807) is 12.2 Å². The molecule has 0 atom stereocenters. The van der Waals surface area contributed by atoms with Gasteiger partial charge in [-0.3, -0.25) is 9.48 Å². The predicted molar refractivity (Wildman–Crippen MR) is 79.3 cm³/mol. The lowest BCUT2D eigenvalue weighted by atomic mass is 10.2. The molecule has 1 heterocycles. The number of hydrogen-bond acceptors (Lipinski definition) is 3. The molecular weight excluding hydrogens is 309 g/mol. The molecule has 0 spiro atoms. The first-order valence-corrected chi connectivity index (χ1v) is 6.59. The van der Waals surface area contributed by atoms with Crippen LogP contribution in [0.5, 0.6) is 0 Å². The number of alkyl halides is 3. The van der Waals surface area contributed by atoms with Gasteiger partial charge in [0, 0.05) is 12.4 Å². The van der Waals surface area contributed by atoms with Gasteiger partial charge in [-0.05, 0) is 17.7 Å². The maximum atomic E-state index is 12.4. The zero-order valence-corrected chi connectivity index (χ0v) is 11.9. The molecule has 1 amide bonds. The summed E-state index contributed by atoms with van der Waals surface area (Å²) in [5.74, 6) is -0.578. The van der Waals surface area contributed by atoms with Crippen molar-refractivity contribution < 1.29 is 18.0 Å². The molecule has 0 fully saturated rings. The summed E-state index contributed by atoms with van der Waals surface area (Å²) in [7, 11) is 0. The van der Waals surface area contributed by atoms with Gasteiger partial charge >= 0.3 is 6.18 Å².